The predicted molar refractivity (Wildman–Crippen MR) is 68.7 cm³/mol. The summed E-state index contributed by atoms with van der Waals surface area (Å²) in [5.74, 6) is -0.140. The SMILES string of the molecule is Cc1ccc(NC(=O)C2(N)CC2)cc1-n1cnnn1. The average molecular weight is 258 g/mol. The van der Waals surface area contributed by atoms with Gasteiger partial charge in [-0.25, -0.2) is 4.68 Å². The molecule has 19 heavy (non-hydrogen) atoms. The first-order valence-corrected chi connectivity index (χ1v) is 6.03. The zero-order valence-electron chi connectivity index (χ0n) is 10.5. The monoisotopic (exact) mass is 258 g/mol. The van der Waals surface area contributed by atoms with E-state index in [1.54, 1.807) is 4.68 Å². The lowest BCUT2D eigenvalue weighted by Gasteiger charge is -2.12. The van der Waals surface area contributed by atoms with Crippen molar-refractivity contribution >= 4 is 11.6 Å². The van der Waals surface area contributed by atoms with Gasteiger partial charge in [0.1, 0.15) is 6.33 Å². The molecular weight excluding hydrogens is 244 g/mol. The number of hydrogen-bond acceptors (Lipinski definition) is 5. The van der Waals surface area contributed by atoms with Crippen molar-refractivity contribution in [2.24, 2.45) is 5.73 Å². The van der Waals surface area contributed by atoms with Crippen LogP contribution in [0.1, 0.15) is 18.4 Å². The molecule has 3 rings (SSSR count). The van der Waals surface area contributed by atoms with Crippen LogP contribution in [0, 0.1) is 6.92 Å². The summed E-state index contributed by atoms with van der Waals surface area (Å²) in [5.41, 5.74) is 7.70. The number of carbonyl (C=O) groups is 1. The molecule has 2 aromatic rings. The number of carbonyl (C=O) groups excluding carboxylic acids is 1. The highest BCUT2D eigenvalue weighted by Crippen LogP contribution is 2.33. The fourth-order valence-corrected chi connectivity index (χ4v) is 1.82. The van der Waals surface area contributed by atoms with Crippen LogP contribution in [-0.4, -0.2) is 31.7 Å². The highest BCUT2D eigenvalue weighted by atomic mass is 16.2. The molecule has 1 aromatic heterocycles. The molecule has 1 aromatic carbocycles. The van der Waals surface area contributed by atoms with Crippen molar-refractivity contribution in [1.82, 2.24) is 20.2 Å². The topological polar surface area (TPSA) is 98.7 Å². The molecule has 1 fully saturated rings. The molecule has 1 saturated carbocycles. The van der Waals surface area contributed by atoms with Gasteiger partial charge in [0.25, 0.3) is 0 Å². The van der Waals surface area contributed by atoms with Crippen molar-refractivity contribution in [2.45, 2.75) is 25.3 Å². The third-order valence-corrected chi connectivity index (χ3v) is 3.30. The number of nitrogens with one attached hydrogen (secondary N) is 1. The number of rotatable bonds is 3. The van der Waals surface area contributed by atoms with Crippen LogP contribution in [-0.2, 0) is 4.79 Å². The van der Waals surface area contributed by atoms with Crippen LogP contribution in [0.4, 0.5) is 5.69 Å². The van der Waals surface area contributed by atoms with Gasteiger partial charge in [0.2, 0.25) is 5.91 Å². The van der Waals surface area contributed by atoms with Gasteiger partial charge >= 0.3 is 0 Å². The van der Waals surface area contributed by atoms with Crippen LogP contribution < -0.4 is 11.1 Å². The Hall–Kier alpha value is -2.28. The molecule has 0 saturated heterocycles. The summed E-state index contributed by atoms with van der Waals surface area (Å²) in [6.45, 7) is 1.95. The Morgan fingerprint density at radius 1 is 1.47 bits per heavy atom. The molecule has 3 N–H and O–H groups in total. The average Bonchev–Trinajstić information content (AvgIpc) is 2.93. The van der Waals surface area contributed by atoms with Gasteiger partial charge < -0.3 is 11.1 Å². The molecule has 0 unspecified atom stereocenters. The first-order valence-electron chi connectivity index (χ1n) is 6.03. The van der Waals surface area contributed by atoms with Crippen molar-refractivity contribution in [3.8, 4) is 5.69 Å². The molecule has 1 heterocycles. The normalized spacial score (nSPS) is 16.1. The van der Waals surface area contributed by atoms with Crippen LogP contribution in [0.3, 0.4) is 0 Å². The lowest BCUT2D eigenvalue weighted by Crippen LogP contribution is -2.37. The van der Waals surface area contributed by atoms with E-state index in [1.165, 1.54) is 6.33 Å². The third kappa shape index (κ3) is 2.19. The number of aromatic nitrogens is 4. The number of anilines is 1. The molecule has 1 aliphatic rings. The Morgan fingerprint density at radius 3 is 2.89 bits per heavy atom. The summed E-state index contributed by atoms with van der Waals surface area (Å²) in [7, 11) is 0. The zero-order chi connectivity index (χ0) is 13.5. The van der Waals surface area contributed by atoms with Gasteiger partial charge in [0.05, 0.1) is 11.2 Å². The summed E-state index contributed by atoms with van der Waals surface area (Å²) in [5, 5.41) is 13.9. The summed E-state index contributed by atoms with van der Waals surface area (Å²) >= 11 is 0. The summed E-state index contributed by atoms with van der Waals surface area (Å²) in [4.78, 5) is 11.9. The Labute approximate surface area is 109 Å². The highest BCUT2D eigenvalue weighted by Gasteiger charge is 2.45. The van der Waals surface area contributed by atoms with Crippen LogP contribution in [0.2, 0.25) is 0 Å². The molecule has 0 bridgehead atoms. The van der Waals surface area contributed by atoms with Crippen LogP contribution >= 0.6 is 0 Å². The molecule has 7 heteroatoms. The van der Waals surface area contributed by atoms with Crippen molar-refractivity contribution in [3.63, 3.8) is 0 Å². The lowest BCUT2D eigenvalue weighted by atomic mass is 10.1. The molecule has 0 atom stereocenters. The summed E-state index contributed by atoms with van der Waals surface area (Å²) < 4.78 is 1.56. The maximum atomic E-state index is 11.9. The fourth-order valence-electron chi connectivity index (χ4n) is 1.82. The number of hydrogen-bond donors (Lipinski definition) is 2. The van der Waals surface area contributed by atoms with E-state index >= 15 is 0 Å². The predicted octanol–water partition coefficient (Wildman–Crippen LogP) is 0.401. The number of amides is 1. The van der Waals surface area contributed by atoms with Crippen molar-refractivity contribution in [3.05, 3.63) is 30.1 Å². The number of nitrogens with two attached hydrogens (primary N) is 1. The number of nitrogens with zero attached hydrogens (tertiary/aromatic N) is 4. The molecule has 7 nitrogen and oxygen atoms in total. The Bertz CT molecular complexity index is 617. The second kappa shape index (κ2) is 4.13. The van der Waals surface area contributed by atoms with Gasteiger partial charge in [-0.1, -0.05) is 6.07 Å². The molecule has 0 aliphatic heterocycles. The van der Waals surface area contributed by atoms with E-state index in [9.17, 15) is 4.79 Å². The quantitative estimate of drug-likeness (QED) is 0.830. The summed E-state index contributed by atoms with van der Waals surface area (Å²) in [6.07, 6.45) is 2.99. The van der Waals surface area contributed by atoms with Crippen molar-refractivity contribution in [1.29, 1.82) is 0 Å². The molecule has 1 aliphatic carbocycles. The van der Waals surface area contributed by atoms with E-state index in [0.29, 0.717) is 5.69 Å². The van der Waals surface area contributed by atoms with E-state index in [4.69, 9.17) is 5.73 Å². The van der Waals surface area contributed by atoms with Gasteiger partial charge in [0, 0.05) is 5.69 Å². The van der Waals surface area contributed by atoms with E-state index < -0.39 is 5.54 Å². The molecule has 0 radical (unpaired) electrons. The largest absolute Gasteiger partial charge is 0.324 e. The molecule has 1 amide bonds. The Balaban J connectivity index is 1.87. The van der Waals surface area contributed by atoms with E-state index in [2.05, 4.69) is 20.8 Å². The number of tetrazole rings is 1. The van der Waals surface area contributed by atoms with E-state index in [0.717, 1.165) is 24.1 Å². The first-order chi connectivity index (χ1) is 9.08. The minimum Gasteiger partial charge on any atom is -0.324 e. The Morgan fingerprint density at radius 2 is 2.26 bits per heavy atom. The standard InChI is InChI=1S/C12H14N6O/c1-8-2-3-9(15-11(19)12(13)4-5-12)6-10(8)18-7-14-16-17-18/h2-3,6-7H,4-5,13H2,1H3,(H,15,19). The second-order valence-corrected chi connectivity index (χ2v) is 4.87. The van der Waals surface area contributed by atoms with Gasteiger partial charge in [-0.15, -0.1) is 5.10 Å². The van der Waals surface area contributed by atoms with Gasteiger partial charge in [-0.2, -0.15) is 0 Å². The lowest BCUT2D eigenvalue weighted by molar-refractivity contribution is -0.118. The minimum absolute atomic E-state index is 0.140. The van der Waals surface area contributed by atoms with Gasteiger partial charge in [-0.3, -0.25) is 4.79 Å². The molecule has 0 spiro atoms. The molecule has 98 valence electrons. The fraction of sp³-hybridized carbons (Fsp3) is 0.333. The second-order valence-electron chi connectivity index (χ2n) is 4.87. The van der Waals surface area contributed by atoms with Gasteiger partial charge in [-0.05, 0) is 47.9 Å². The molecular formula is C12H14N6O. The smallest absolute Gasteiger partial charge is 0.244 e. The van der Waals surface area contributed by atoms with Crippen LogP contribution in [0.15, 0.2) is 24.5 Å². The van der Waals surface area contributed by atoms with Crippen LogP contribution in [0.25, 0.3) is 5.69 Å². The zero-order valence-corrected chi connectivity index (χ0v) is 10.5. The maximum Gasteiger partial charge on any atom is 0.244 e. The van der Waals surface area contributed by atoms with Crippen LogP contribution in [0.5, 0.6) is 0 Å². The summed E-state index contributed by atoms with van der Waals surface area (Å²) in [6, 6.07) is 5.57. The number of aryl methyl sites for hydroxylation is 1. The minimum atomic E-state index is -0.681. The van der Waals surface area contributed by atoms with Crippen molar-refractivity contribution in [2.75, 3.05) is 5.32 Å². The van der Waals surface area contributed by atoms with Crippen molar-refractivity contribution < 1.29 is 4.79 Å². The Kier molecular flexibility index (Phi) is 2.56. The highest BCUT2D eigenvalue weighted by molar-refractivity contribution is 6.00. The van der Waals surface area contributed by atoms with E-state index in [-0.39, 0.29) is 5.91 Å². The first kappa shape index (κ1) is 11.8. The van der Waals surface area contributed by atoms with E-state index in [1.807, 2.05) is 25.1 Å². The maximum absolute atomic E-state index is 11.9. The van der Waals surface area contributed by atoms with Gasteiger partial charge in [0.15, 0.2) is 0 Å². The number of benzene rings is 1. The third-order valence-electron chi connectivity index (χ3n) is 3.30.